The van der Waals surface area contributed by atoms with E-state index < -0.39 is 0 Å². The lowest BCUT2D eigenvalue weighted by atomic mass is 10.1. The van der Waals surface area contributed by atoms with Crippen molar-refractivity contribution in [1.29, 1.82) is 0 Å². The van der Waals surface area contributed by atoms with Crippen LogP contribution in [0.1, 0.15) is 33.8 Å². The van der Waals surface area contributed by atoms with Gasteiger partial charge in [0.2, 0.25) is 0 Å². The first-order chi connectivity index (χ1) is 12.3. The van der Waals surface area contributed by atoms with Crippen molar-refractivity contribution in [3.8, 4) is 0 Å². The Hall–Kier alpha value is -2.87. The molecule has 0 spiro atoms. The highest BCUT2D eigenvalue weighted by molar-refractivity contribution is 5.94. The minimum atomic E-state index is 0.118. The zero-order valence-electron chi connectivity index (χ0n) is 14.1. The Labute approximate surface area is 148 Å². The summed E-state index contributed by atoms with van der Waals surface area (Å²) in [5.74, 6) is 0.561. The third kappa shape index (κ3) is 3.48. The monoisotopic (exact) mass is 327 g/mol. The molecule has 2 nitrogen and oxygen atoms in total. The molecule has 1 fully saturated rings. The van der Waals surface area contributed by atoms with Crippen LogP contribution in [-0.4, -0.2) is 16.8 Å². The zero-order chi connectivity index (χ0) is 17.1. The Morgan fingerprint density at radius 1 is 0.800 bits per heavy atom. The van der Waals surface area contributed by atoms with Crippen molar-refractivity contribution >= 4 is 5.91 Å². The number of carbonyl (C=O) groups excluding carboxylic acids is 1. The van der Waals surface area contributed by atoms with Crippen LogP contribution in [0.2, 0.25) is 0 Å². The van der Waals surface area contributed by atoms with E-state index in [9.17, 15) is 4.79 Å². The second-order valence-corrected chi connectivity index (χ2v) is 6.60. The number of carbonyl (C=O) groups is 1. The third-order valence-corrected chi connectivity index (χ3v) is 4.86. The van der Waals surface area contributed by atoms with Crippen molar-refractivity contribution in [3.05, 3.63) is 108 Å². The summed E-state index contributed by atoms with van der Waals surface area (Å²) in [7, 11) is 0. The van der Waals surface area contributed by atoms with Crippen molar-refractivity contribution in [3.63, 3.8) is 0 Å². The van der Waals surface area contributed by atoms with Gasteiger partial charge in [0.1, 0.15) is 0 Å². The molecule has 0 bridgehead atoms. The van der Waals surface area contributed by atoms with Crippen LogP contribution >= 0.6 is 0 Å². The lowest BCUT2D eigenvalue weighted by Gasteiger charge is -2.24. The van der Waals surface area contributed by atoms with Crippen molar-refractivity contribution < 1.29 is 4.79 Å². The smallest absolute Gasteiger partial charge is 0.254 e. The van der Waals surface area contributed by atoms with Crippen molar-refractivity contribution in [1.82, 2.24) is 4.90 Å². The van der Waals surface area contributed by atoms with Gasteiger partial charge >= 0.3 is 0 Å². The molecule has 4 rings (SSSR count). The molecule has 3 aromatic carbocycles. The van der Waals surface area contributed by atoms with Gasteiger partial charge in [0.15, 0.2) is 0 Å². The highest BCUT2D eigenvalue weighted by Crippen LogP contribution is 2.45. The van der Waals surface area contributed by atoms with Gasteiger partial charge in [-0.2, -0.15) is 0 Å². The molecular weight excluding hydrogens is 306 g/mol. The molecule has 1 aliphatic carbocycles. The Morgan fingerprint density at radius 3 is 2.00 bits per heavy atom. The summed E-state index contributed by atoms with van der Waals surface area (Å²) in [6.07, 6.45) is 1.04. The number of amides is 1. The zero-order valence-corrected chi connectivity index (χ0v) is 14.1. The maximum atomic E-state index is 13.1. The summed E-state index contributed by atoms with van der Waals surface area (Å²) in [4.78, 5) is 15.2. The SMILES string of the molecule is O=C(c1ccccc1)N(Cc1ccccc1)[C@H]1C[C@@H]1c1ccccc1. The van der Waals surface area contributed by atoms with Gasteiger partial charge in [-0.25, -0.2) is 0 Å². The van der Waals surface area contributed by atoms with E-state index in [1.807, 2.05) is 59.5 Å². The van der Waals surface area contributed by atoms with E-state index in [1.165, 1.54) is 11.1 Å². The third-order valence-electron chi connectivity index (χ3n) is 4.86. The van der Waals surface area contributed by atoms with E-state index >= 15 is 0 Å². The number of rotatable bonds is 5. The van der Waals surface area contributed by atoms with E-state index in [1.54, 1.807) is 0 Å². The van der Waals surface area contributed by atoms with Crippen LogP contribution < -0.4 is 0 Å². The molecule has 0 aliphatic heterocycles. The molecule has 0 saturated heterocycles. The first kappa shape index (κ1) is 15.6. The van der Waals surface area contributed by atoms with Gasteiger partial charge in [0.25, 0.3) is 5.91 Å². The van der Waals surface area contributed by atoms with Crippen molar-refractivity contribution in [2.45, 2.75) is 24.9 Å². The summed E-state index contributed by atoms with van der Waals surface area (Å²) in [5.41, 5.74) is 3.26. The minimum Gasteiger partial charge on any atom is -0.331 e. The molecule has 2 heteroatoms. The van der Waals surface area contributed by atoms with Crippen LogP contribution in [0.25, 0.3) is 0 Å². The van der Waals surface area contributed by atoms with E-state index in [0.29, 0.717) is 12.5 Å². The quantitative estimate of drug-likeness (QED) is 0.654. The lowest BCUT2D eigenvalue weighted by Crippen LogP contribution is -2.33. The number of nitrogens with zero attached hydrogens (tertiary/aromatic N) is 1. The van der Waals surface area contributed by atoms with Crippen LogP contribution in [0.4, 0.5) is 0 Å². The maximum absolute atomic E-state index is 13.1. The van der Waals surface area contributed by atoms with E-state index in [-0.39, 0.29) is 11.9 Å². The first-order valence-electron chi connectivity index (χ1n) is 8.78. The Bertz CT molecular complexity index is 830. The van der Waals surface area contributed by atoms with Crippen molar-refractivity contribution in [2.24, 2.45) is 0 Å². The molecule has 0 unspecified atom stereocenters. The number of benzene rings is 3. The van der Waals surface area contributed by atoms with Gasteiger partial charge in [-0.15, -0.1) is 0 Å². The highest BCUT2D eigenvalue weighted by Gasteiger charge is 2.44. The Kier molecular flexibility index (Phi) is 4.34. The van der Waals surface area contributed by atoms with Crippen LogP contribution in [0.3, 0.4) is 0 Å². The van der Waals surface area contributed by atoms with Gasteiger partial charge in [-0.1, -0.05) is 78.9 Å². The summed E-state index contributed by atoms with van der Waals surface area (Å²) in [6.45, 7) is 0.655. The minimum absolute atomic E-state index is 0.118. The van der Waals surface area contributed by atoms with E-state index in [0.717, 1.165) is 12.0 Å². The van der Waals surface area contributed by atoms with Gasteiger partial charge < -0.3 is 4.90 Å². The topological polar surface area (TPSA) is 20.3 Å². The maximum Gasteiger partial charge on any atom is 0.254 e. The Morgan fingerprint density at radius 2 is 1.36 bits per heavy atom. The summed E-state index contributed by atoms with van der Waals surface area (Å²) < 4.78 is 0. The molecule has 0 radical (unpaired) electrons. The van der Waals surface area contributed by atoms with Gasteiger partial charge in [-0.3, -0.25) is 4.79 Å². The molecule has 0 heterocycles. The normalized spacial score (nSPS) is 18.6. The number of hydrogen-bond acceptors (Lipinski definition) is 1. The fourth-order valence-corrected chi connectivity index (χ4v) is 3.45. The second kappa shape index (κ2) is 6.94. The summed E-state index contributed by atoms with van der Waals surface area (Å²) in [6, 6.07) is 30.6. The second-order valence-electron chi connectivity index (χ2n) is 6.60. The van der Waals surface area contributed by atoms with E-state index in [2.05, 4.69) is 36.4 Å². The predicted octanol–water partition coefficient (Wildman–Crippen LogP) is 4.89. The van der Waals surface area contributed by atoms with E-state index in [4.69, 9.17) is 0 Å². The average molecular weight is 327 g/mol. The highest BCUT2D eigenvalue weighted by atomic mass is 16.2. The largest absolute Gasteiger partial charge is 0.331 e. The first-order valence-corrected chi connectivity index (χ1v) is 8.78. The van der Waals surface area contributed by atoms with Crippen LogP contribution in [0, 0.1) is 0 Å². The van der Waals surface area contributed by atoms with Crippen LogP contribution in [0.15, 0.2) is 91.0 Å². The van der Waals surface area contributed by atoms with Gasteiger partial charge in [0, 0.05) is 24.1 Å². The van der Waals surface area contributed by atoms with Gasteiger partial charge in [0.05, 0.1) is 0 Å². The fourth-order valence-electron chi connectivity index (χ4n) is 3.45. The molecule has 25 heavy (non-hydrogen) atoms. The number of hydrogen-bond donors (Lipinski definition) is 0. The predicted molar refractivity (Wildman–Crippen MR) is 100 cm³/mol. The molecule has 124 valence electrons. The molecular formula is C23H21NO. The molecule has 1 aliphatic rings. The molecule has 1 saturated carbocycles. The molecule has 0 aromatic heterocycles. The van der Waals surface area contributed by atoms with Crippen LogP contribution in [0.5, 0.6) is 0 Å². The van der Waals surface area contributed by atoms with Crippen LogP contribution in [-0.2, 0) is 6.54 Å². The summed E-state index contributed by atoms with van der Waals surface area (Å²) in [5, 5.41) is 0. The Balaban J connectivity index is 1.59. The molecule has 0 N–H and O–H groups in total. The summed E-state index contributed by atoms with van der Waals surface area (Å²) >= 11 is 0. The fraction of sp³-hybridized carbons (Fsp3) is 0.174. The molecule has 3 aromatic rings. The lowest BCUT2D eigenvalue weighted by molar-refractivity contribution is 0.0726. The van der Waals surface area contributed by atoms with Crippen molar-refractivity contribution in [2.75, 3.05) is 0 Å². The standard InChI is InChI=1S/C23H21NO/c25-23(20-14-8-3-9-15-20)24(17-18-10-4-1-5-11-18)22-16-21(22)19-12-6-2-7-13-19/h1-15,21-22H,16-17H2/t21-,22+/m1/s1. The molecule has 2 atom stereocenters. The average Bonchev–Trinajstić information content (AvgIpc) is 3.48. The van der Waals surface area contributed by atoms with Gasteiger partial charge in [-0.05, 0) is 29.7 Å². The molecule has 1 amide bonds.